The van der Waals surface area contributed by atoms with Crippen LogP contribution in [0.2, 0.25) is 5.02 Å². The molecule has 1 atom stereocenters. The van der Waals surface area contributed by atoms with E-state index < -0.39 is 5.60 Å². The molecule has 4 aromatic rings. The molecular formula is C30H28ClNO. The first-order valence-corrected chi connectivity index (χ1v) is 12.2. The largest absolute Gasteiger partial charge is 0.381 e. The molecule has 0 saturated heterocycles. The van der Waals surface area contributed by atoms with E-state index in [9.17, 15) is 5.11 Å². The number of fused-ring (bicyclic) bond motifs is 3. The Labute approximate surface area is 200 Å². The van der Waals surface area contributed by atoms with Crippen LogP contribution in [0.4, 0.5) is 0 Å². The lowest BCUT2D eigenvalue weighted by Gasteiger charge is -2.30. The highest BCUT2D eigenvalue weighted by Crippen LogP contribution is 2.55. The normalized spacial score (nSPS) is 17.6. The summed E-state index contributed by atoms with van der Waals surface area (Å²) >= 11 is 6.25. The summed E-state index contributed by atoms with van der Waals surface area (Å²) in [5, 5.41) is 14.3. The molecule has 1 N–H and O–H groups in total. The molecule has 0 radical (unpaired) electrons. The van der Waals surface area contributed by atoms with E-state index in [0.29, 0.717) is 11.4 Å². The third kappa shape index (κ3) is 3.58. The van der Waals surface area contributed by atoms with Crippen molar-refractivity contribution in [2.75, 3.05) is 0 Å². The Bertz CT molecular complexity index is 1340. The van der Waals surface area contributed by atoms with E-state index in [-0.39, 0.29) is 0 Å². The van der Waals surface area contributed by atoms with E-state index in [1.807, 2.05) is 36.4 Å². The van der Waals surface area contributed by atoms with E-state index in [4.69, 9.17) is 16.6 Å². The molecule has 166 valence electrons. The number of halogens is 1. The van der Waals surface area contributed by atoms with Crippen LogP contribution < -0.4 is 0 Å². The van der Waals surface area contributed by atoms with Crippen molar-refractivity contribution < 1.29 is 5.11 Å². The summed E-state index contributed by atoms with van der Waals surface area (Å²) in [6.07, 6.45) is 3.31. The minimum absolute atomic E-state index is 0.659. The zero-order valence-electron chi connectivity index (χ0n) is 19.1. The Morgan fingerprint density at radius 2 is 1.52 bits per heavy atom. The predicted molar refractivity (Wildman–Crippen MR) is 138 cm³/mol. The topological polar surface area (TPSA) is 33.1 Å². The first-order chi connectivity index (χ1) is 16.1. The maximum atomic E-state index is 12.5. The number of aliphatic hydroxyl groups is 1. The second-order valence-corrected chi connectivity index (χ2v) is 9.25. The van der Waals surface area contributed by atoms with Gasteiger partial charge < -0.3 is 5.11 Å². The van der Waals surface area contributed by atoms with Crippen LogP contribution >= 0.6 is 11.6 Å². The predicted octanol–water partition coefficient (Wildman–Crippen LogP) is 8.16. The van der Waals surface area contributed by atoms with Gasteiger partial charge in [-0.05, 0) is 47.8 Å². The van der Waals surface area contributed by atoms with Crippen molar-refractivity contribution in [3.05, 3.63) is 106 Å². The number of rotatable bonds is 6. The molecule has 1 unspecified atom stereocenters. The first-order valence-electron chi connectivity index (χ1n) is 11.8. The van der Waals surface area contributed by atoms with Crippen LogP contribution in [-0.2, 0) is 5.60 Å². The van der Waals surface area contributed by atoms with Crippen molar-refractivity contribution in [1.82, 2.24) is 4.98 Å². The molecule has 0 spiro atoms. The van der Waals surface area contributed by atoms with Crippen molar-refractivity contribution in [2.24, 2.45) is 0 Å². The minimum Gasteiger partial charge on any atom is -0.381 e. The fraction of sp³-hybridized carbons (Fsp3) is 0.233. The molecule has 0 fully saturated rings. The third-order valence-electron chi connectivity index (χ3n) is 6.65. The van der Waals surface area contributed by atoms with Crippen molar-refractivity contribution in [3.63, 3.8) is 0 Å². The molecule has 0 amide bonds. The van der Waals surface area contributed by atoms with Crippen LogP contribution in [0.1, 0.15) is 56.2 Å². The van der Waals surface area contributed by atoms with E-state index in [0.717, 1.165) is 69.3 Å². The summed E-state index contributed by atoms with van der Waals surface area (Å²) < 4.78 is 0. The molecule has 0 bridgehead atoms. The van der Waals surface area contributed by atoms with Gasteiger partial charge in [0.2, 0.25) is 0 Å². The van der Waals surface area contributed by atoms with Crippen LogP contribution in [0.3, 0.4) is 0 Å². The highest BCUT2D eigenvalue weighted by atomic mass is 35.5. The molecule has 5 rings (SSSR count). The standard InChI is InChI=1S/C30H28ClNO/c1-3-10-24-26(20-15-17-22(31)18-16-20)27-23-13-8-9-14-25(23)32-29(21-11-6-5-7-12-21)28(27)30(24,33)19-4-2/h5-9,11-18,33H,3-4,10,19H2,1-2H3. The van der Waals surface area contributed by atoms with Crippen molar-refractivity contribution >= 4 is 28.1 Å². The third-order valence-corrected chi connectivity index (χ3v) is 6.90. The molecular weight excluding hydrogens is 426 g/mol. The van der Waals surface area contributed by atoms with Gasteiger partial charge in [0.05, 0.1) is 11.2 Å². The van der Waals surface area contributed by atoms with Gasteiger partial charge in [-0.3, -0.25) is 0 Å². The number of benzene rings is 3. The van der Waals surface area contributed by atoms with Crippen molar-refractivity contribution in [2.45, 2.75) is 45.1 Å². The molecule has 33 heavy (non-hydrogen) atoms. The number of aromatic nitrogens is 1. The van der Waals surface area contributed by atoms with E-state index in [2.05, 4.69) is 56.3 Å². The Kier molecular flexibility index (Phi) is 5.82. The van der Waals surface area contributed by atoms with Gasteiger partial charge >= 0.3 is 0 Å². The van der Waals surface area contributed by atoms with Gasteiger partial charge in [-0.2, -0.15) is 0 Å². The van der Waals surface area contributed by atoms with Crippen LogP contribution in [0.15, 0.2) is 84.4 Å². The van der Waals surface area contributed by atoms with E-state index in [1.165, 1.54) is 0 Å². The van der Waals surface area contributed by atoms with Crippen LogP contribution in [-0.4, -0.2) is 10.1 Å². The highest BCUT2D eigenvalue weighted by molar-refractivity contribution is 6.30. The van der Waals surface area contributed by atoms with Crippen molar-refractivity contribution in [1.29, 1.82) is 0 Å². The lowest BCUT2D eigenvalue weighted by Crippen LogP contribution is -2.27. The van der Waals surface area contributed by atoms with E-state index in [1.54, 1.807) is 0 Å². The Hall–Kier alpha value is -2.94. The SMILES string of the molecule is CCCC1=C(c2ccc(Cl)cc2)c2c(c(-c3ccccc3)nc3ccccc23)C1(O)CCC. The monoisotopic (exact) mass is 453 g/mol. The average Bonchev–Trinajstić information content (AvgIpc) is 3.09. The van der Waals surface area contributed by atoms with Gasteiger partial charge in [0.25, 0.3) is 0 Å². The summed E-state index contributed by atoms with van der Waals surface area (Å²) in [4.78, 5) is 5.12. The fourth-order valence-electron chi connectivity index (χ4n) is 5.34. The van der Waals surface area contributed by atoms with Crippen LogP contribution in [0, 0.1) is 0 Å². The molecule has 0 aliphatic heterocycles. The Balaban J connectivity index is 1.95. The average molecular weight is 454 g/mol. The van der Waals surface area contributed by atoms with Gasteiger partial charge in [-0.1, -0.05) is 99.0 Å². The van der Waals surface area contributed by atoms with Gasteiger partial charge in [0.1, 0.15) is 5.60 Å². The molecule has 2 nitrogen and oxygen atoms in total. The molecule has 1 aliphatic rings. The molecule has 1 aromatic heterocycles. The Morgan fingerprint density at radius 1 is 0.818 bits per heavy atom. The number of hydrogen-bond acceptors (Lipinski definition) is 2. The second-order valence-electron chi connectivity index (χ2n) is 8.81. The summed E-state index contributed by atoms with van der Waals surface area (Å²) in [5.74, 6) is 0. The number of nitrogens with zero attached hydrogens (tertiary/aromatic N) is 1. The fourth-order valence-corrected chi connectivity index (χ4v) is 5.47. The summed E-state index contributed by atoms with van der Waals surface area (Å²) in [6, 6.07) is 26.6. The minimum atomic E-state index is -1.06. The summed E-state index contributed by atoms with van der Waals surface area (Å²) in [5.41, 5.74) is 7.17. The van der Waals surface area contributed by atoms with Gasteiger partial charge in [-0.15, -0.1) is 0 Å². The maximum absolute atomic E-state index is 12.5. The maximum Gasteiger partial charge on any atom is 0.114 e. The molecule has 0 saturated carbocycles. The Morgan fingerprint density at radius 3 is 2.21 bits per heavy atom. The quantitative estimate of drug-likeness (QED) is 0.319. The van der Waals surface area contributed by atoms with Gasteiger partial charge in [0, 0.05) is 27.1 Å². The molecule has 1 aliphatic carbocycles. The highest BCUT2D eigenvalue weighted by Gasteiger charge is 2.46. The molecule has 3 heteroatoms. The zero-order chi connectivity index (χ0) is 23.0. The number of pyridine rings is 1. The lowest BCUT2D eigenvalue weighted by atomic mass is 9.81. The lowest BCUT2D eigenvalue weighted by molar-refractivity contribution is 0.0663. The van der Waals surface area contributed by atoms with Gasteiger partial charge in [0.15, 0.2) is 0 Å². The smallest absolute Gasteiger partial charge is 0.114 e. The van der Waals surface area contributed by atoms with Crippen LogP contribution in [0.5, 0.6) is 0 Å². The van der Waals surface area contributed by atoms with Crippen LogP contribution in [0.25, 0.3) is 27.7 Å². The zero-order valence-corrected chi connectivity index (χ0v) is 19.9. The summed E-state index contributed by atoms with van der Waals surface area (Å²) in [7, 11) is 0. The van der Waals surface area contributed by atoms with Crippen molar-refractivity contribution in [3.8, 4) is 11.3 Å². The second kappa shape index (κ2) is 8.78. The molecule has 3 aromatic carbocycles. The van der Waals surface area contributed by atoms with E-state index >= 15 is 0 Å². The number of para-hydroxylation sites is 1. The molecule has 1 heterocycles. The number of hydrogen-bond donors (Lipinski definition) is 1. The summed E-state index contributed by atoms with van der Waals surface area (Å²) in [6.45, 7) is 4.31. The first kappa shape index (κ1) is 21.9. The van der Waals surface area contributed by atoms with Gasteiger partial charge in [-0.25, -0.2) is 4.98 Å².